The number of hydrogen-bond donors (Lipinski definition) is 1. The van der Waals surface area contributed by atoms with E-state index in [9.17, 15) is 4.79 Å². The van der Waals surface area contributed by atoms with E-state index < -0.39 is 0 Å². The van der Waals surface area contributed by atoms with Gasteiger partial charge in [0.25, 0.3) is 0 Å². The molecule has 0 atom stereocenters. The Bertz CT molecular complexity index is 1040. The summed E-state index contributed by atoms with van der Waals surface area (Å²) in [5, 5.41) is 5.27. The van der Waals surface area contributed by atoms with Crippen molar-refractivity contribution in [2.45, 2.75) is 6.92 Å². The van der Waals surface area contributed by atoms with Crippen molar-refractivity contribution in [2.24, 2.45) is 0 Å². The molecule has 0 spiro atoms. The molecule has 7 nitrogen and oxygen atoms in total. The fourth-order valence-electron chi connectivity index (χ4n) is 2.47. The number of thiazole rings is 1. The number of pyridine rings is 1. The molecule has 24 heavy (non-hydrogen) atoms. The highest BCUT2D eigenvalue weighted by Gasteiger charge is 2.13. The summed E-state index contributed by atoms with van der Waals surface area (Å²) in [4.78, 5) is 28.2. The molecule has 0 unspecified atom stereocenters. The SMILES string of the molecule is Cc1nc2ccccn2c1-c1ccnc(Nc2nc(C=O)cs2)n1. The fraction of sp³-hybridized carbons (Fsp3) is 0.0625. The van der Waals surface area contributed by atoms with Gasteiger partial charge in [-0.05, 0) is 25.1 Å². The minimum Gasteiger partial charge on any atom is -0.300 e. The molecule has 0 saturated carbocycles. The summed E-state index contributed by atoms with van der Waals surface area (Å²) >= 11 is 1.33. The van der Waals surface area contributed by atoms with Crippen LogP contribution in [0.5, 0.6) is 0 Å². The second kappa shape index (κ2) is 5.82. The number of nitrogens with one attached hydrogen (secondary N) is 1. The third-order valence-electron chi connectivity index (χ3n) is 3.46. The lowest BCUT2D eigenvalue weighted by Gasteiger charge is -2.05. The number of nitrogens with zero attached hydrogens (tertiary/aromatic N) is 5. The third kappa shape index (κ3) is 2.52. The van der Waals surface area contributed by atoms with Crippen LogP contribution in [0, 0.1) is 6.92 Å². The summed E-state index contributed by atoms with van der Waals surface area (Å²) in [6.07, 6.45) is 4.35. The maximum atomic E-state index is 10.7. The molecule has 0 saturated heterocycles. The highest BCUT2D eigenvalue weighted by Crippen LogP contribution is 2.24. The van der Waals surface area contributed by atoms with E-state index in [2.05, 4.69) is 25.3 Å². The molecule has 118 valence electrons. The predicted octanol–water partition coefficient (Wildman–Crippen LogP) is 3.11. The Morgan fingerprint density at radius 3 is 2.96 bits per heavy atom. The Morgan fingerprint density at radius 2 is 2.12 bits per heavy atom. The van der Waals surface area contributed by atoms with Crippen molar-refractivity contribution in [1.29, 1.82) is 0 Å². The Hall–Kier alpha value is -3.13. The van der Waals surface area contributed by atoms with Crippen LogP contribution in [-0.4, -0.2) is 30.6 Å². The molecule has 0 bridgehead atoms. The van der Waals surface area contributed by atoms with E-state index in [1.54, 1.807) is 11.6 Å². The average molecular weight is 336 g/mol. The second-order valence-electron chi connectivity index (χ2n) is 5.06. The minimum atomic E-state index is 0.385. The number of fused-ring (bicyclic) bond motifs is 1. The molecule has 0 aliphatic rings. The van der Waals surface area contributed by atoms with Gasteiger partial charge < -0.3 is 5.32 Å². The lowest BCUT2D eigenvalue weighted by atomic mass is 10.2. The van der Waals surface area contributed by atoms with Crippen LogP contribution in [0.25, 0.3) is 17.0 Å². The van der Waals surface area contributed by atoms with E-state index in [0.717, 1.165) is 22.7 Å². The first-order valence-corrected chi connectivity index (χ1v) is 8.07. The van der Waals surface area contributed by atoms with Gasteiger partial charge in [-0.15, -0.1) is 11.3 Å². The number of aromatic nitrogens is 5. The van der Waals surface area contributed by atoms with Crippen LogP contribution in [0.3, 0.4) is 0 Å². The molecule has 8 heteroatoms. The highest BCUT2D eigenvalue weighted by atomic mass is 32.1. The standard InChI is InChI=1S/C16H12N6OS/c1-10-14(22-7-3-2-4-13(22)18-10)12-5-6-17-15(20-12)21-16-19-11(8-23)9-24-16/h2-9H,1H3,(H,17,19,20,21). The number of carbonyl (C=O) groups excluding carboxylic acids is 1. The summed E-state index contributed by atoms with van der Waals surface area (Å²) in [6, 6.07) is 7.70. The first-order valence-electron chi connectivity index (χ1n) is 7.19. The number of carbonyl (C=O) groups is 1. The van der Waals surface area contributed by atoms with Crippen LogP contribution >= 0.6 is 11.3 Å². The van der Waals surface area contributed by atoms with Crippen molar-refractivity contribution in [2.75, 3.05) is 5.32 Å². The van der Waals surface area contributed by atoms with Crippen molar-refractivity contribution in [1.82, 2.24) is 24.3 Å². The average Bonchev–Trinajstić information content (AvgIpc) is 3.18. The van der Waals surface area contributed by atoms with Crippen LogP contribution in [0.15, 0.2) is 42.0 Å². The zero-order valence-corrected chi connectivity index (χ0v) is 13.5. The summed E-state index contributed by atoms with van der Waals surface area (Å²) in [5.74, 6) is 0.421. The van der Waals surface area contributed by atoms with Gasteiger partial charge in [-0.2, -0.15) is 0 Å². The van der Waals surface area contributed by atoms with Gasteiger partial charge in [-0.3, -0.25) is 9.20 Å². The van der Waals surface area contributed by atoms with Crippen LogP contribution in [0.2, 0.25) is 0 Å². The van der Waals surface area contributed by atoms with E-state index in [0.29, 0.717) is 23.1 Å². The van der Waals surface area contributed by atoms with Crippen molar-refractivity contribution in [3.63, 3.8) is 0 Å². The molecule has 0 fully saturated rings. The van der Waals surface area contributed by atoms with Crippen LogP contribution in [0.1, 0.15) is 16.2 Å². The number of hydrogen-bond acceptors (Lipinski definition) is 7. The highest BCUT2D eigenvalue weighted by molar-refractivity contribution is 7.13. The van der Waals surface area contributed by atoms with Gasteiger partial charge in [0.2, 0.25) is 5.95 Å². The van der Waals surface area contributed by atoms with Crippen LogP contribution < -0.4 is 5.32 Å². The smallest absolute Gasteiger partial charge is 0.229 e. The maximum absolute atomic E-state index is 10.7. The molecule has 0 radical (unpaired) electrons. The van der Waals surface area contributed by atoms with Gasteiger partial charge in [-0.25, -0.2) is 19.9 Å². The zero-order chi connectivity index (χ0) is 16.5. The summed E-state index contributed by atoms with van der Waals surface area (Å²) in [6.45, 7) is 1.95. The van der Waals surface area contributed by atoms with Crippen LogP contribution in [0.4, 0.5) is 11.1 Å². The Kier molecular flexibility index (Phi) is 3.51. The zero-order valence-electron chi connectivity index (χ0n) is 12.7. The topological polar surface area (TPSA) is 85.1 Å². The van der Waals surface area contributed by atoms with E-state index >= 15 is 0 Å². The number of aryl methyl sites for hydroxylation is 1. The monoisotopic (exact) mass is 336 g/mol. The predicted molar refractivity (Wildman–Crippen MR) is 91.7 cm³/mol. The molecule has 0 aromatic carbocycles. The lowest BCUT2D eigenvalue weighted by Crippen LogP contribution is -1.99. The van der Waals surface area contributed by atoms with Gasteiger partial charge in [0.05, 0.1) is 17.1 Å². The molecule has 0 amide bonds. The fourth-order valence-corrected chi connectivity index (χ4v) is 3.12. The molecular weight excluding hydrogens is 324 g/mol. The second-order valence-corrected chi connectivity index (χ2v) is 5.92. The first-order chi connectivity index (χ1) is 11.7. The largest absolute Gasteiger partial charge is 0.300 e. The van der Waals surface area contributed by atoms with Gasteiger partial charge in [0.1, 0.15) is 11.3 Å². The number of aldehydes is 1. The molecule has 0 aliphatic carbocycles. The van der Waals surface area contributed by atoms with Gasteiger partial charge in [0.15, 0.2) is 11.4 Å². The van der Waals surface area contributed by atoms with E-state index in [-0.39, 0.29) is 0 Å². The normalized spacial score (nSPS) is 10.9. The quantitative estimate of drug-likeness (QED) is 0.576. The van der Waals surface area contributed by atoms with Gasteiger partial charge in [0, 0.05) is 17.8 Å². The molecule has 4 rings (SSSR count). The van der Waals surface area contributed by atoms with Crippen molar-refractivity contribution >= 4 is 34.4 Å². The van der Waals surface area contributed by atoms with Crippen molar-refractivity contribution in [3.05, 3.63) is 53.4 Å². The lowest BCUT2D eigenvalue weighted by molar-refractivity contribution is 0.111. The van der Waals surface area contributed by atoms with Crippen LogP contribution in [-0.2, 0) is 0 Å². The van der Waals surface area contributed by atoms with E-state index in [4.69, 9.17) is 0 Å². The molecule has 4 heterocycles. The molecular formula is C16H12N6OS. The summed E-state index contributed by atoms with van der Waals surface area (Å²) in [5.41, 5.74) is 3.83. The number of imidazole rings is 1. The molecule has 1 N–H and O–H groups in total. The Balaban J connectivity index is 1.74. The van der Waals surface area contributed by atoms with E-state index in [1.807, 2.05) is 41.8 Å². The van der Waals surface area contributed by atoms with Crippen molar-refractivity contribution < 1.29 is 4.79 Å². The maximum Gasteiger partial charge on any atom is 0.229 e. The minimum absolute atomic E-state index is 0.385. The van der Waals surface area contributed by atoms with Crippen molar-refractivity contribution in [3.8, 4) is 11.4 Å². The first kappa shape index (κ1) is 14.5. The van der Waals surface area contributed by atoms with Gasteiger partial charge in [-0.1, -0.05) is 6.07 Å². The molecule has 4 aromatic rings. The summed E-state index contributed by atoms with van der Waals surface area (Å²) in [7, 11) is 0. The Labute approximate surface area is 141 Å². The van der Waals surface area contributed by atoms with Gasteiger partial charge >= 0.3 is 0 Å². The molecule has 4 aromatic heterocycles. The third-order valence-corrected chi connectivity index (χ3v) is 4.24. The summed E-state index contributed by atoms with van der Waals surface area (Å²) < 4.78 is 2.00. The molecule has 0 aliphatic heterocycles. The van der Waals surface area contributed by atoms with E-state index in [1.165, 1.54) is 11.3 Å². The number of rotatable bonds is 4. The Morgan fingerprint density at radius 1 is 1.21 bits per heavy atom. The number of anilines is 2.